The van der Waals surface area contributed by atoms with Gasteiger partial charge in [0.05, 0.1) is 5.56 Å². The van der Waals surface area contributed by atoms with Crippen molar-refractivity contribution < 1.29 is 14.3 Å². The second-order valence-corrected chi connectivity index (χ2v) is 7.23. The van der Waals surface area contributed by atoms with Gasteiger partial charge in [-0.1, -0.05) is 19.1 Å². The summed E-state index contributed by atoms with van der Waals surface area (Å²) in [5, 5.41) is 0. The molecule has 24 heavy (non-hydrogen) atoms. The van der Waals surface area contributed by atoms with Gasteiger partial charge in [-0.05, 0) is 25.8 Å². The summed E-state index contributed by atoms with van der Waals surface area (Å²) in [6.45, 7) is 6.67. The average molecular weight is 328 g/mol. The molecule has 0 bridgehead atoms. The predicted octanol–water partition coefficient (Wildman–Crippen LogP) is 2.27. The van der Waals surface area contributed by atoms with Gasteiger partial charge in [0.25, 0.3) is 5.91 Å². The van der Waals surface area contributed by atoms with Crippen molar-refractivity contribution in [3.8, 4) is 5.75 Å². The van der Waals surface area contributed by atoms with Gasteiger partial charge in [0, 0.05) is 43.6 Å². The Morgan fingerprint density at radius 1 is 1.04 bits per heavy atom. The minimum Gasteiger partial charge on any atom is -0.489 e. The van der Waals surface area contributed by atoms with E-state index in [2.05, 4.69) is 6.92 Å². The van der Waals surface area contributed by atoms with Crippen molar-refractivity contribution in [1.82, 2.24) is 9.80 Å². The molecule has 2 fully saturated rings. The maximum atomic E-state index is 12.9. The third-order valence-electron chi connectivity index (χ3n) is 5.58. The van der Waals surface area contributed by atoms with Crippen LogP contribution in [0.15, 0.2) is 18.2 Å². The van der Waals surface area contributed by atoms with Crippen LogP contribution in [0.1, 0.15) is 48.5 Å². The van der Waals surface area contributed by atoms with Crippen molar-refractivity contribution in [1.29, 1.82) is 0 Å². The quantitative estimate of drug-likeness (QED) is 0.837. The van der Waals surface area contributed by atoms with E-state index in [4.69, 9.17) is 4.74 Å². The Hall–Kier alpha value is -2.04. The molecule has 128 valence electrons. The highest BCUT2D eigenvalue weighted by atomic mass is 16.5. The fourth-order valence-corrected chi connectivity index (χ4v) is 3.64. The molecule has 1 aliphatic carbocycles. The summed E-state index contributed by atoms with van der Waals surface area (Å²) < 4.78 is 5.95. The monoisotopic (exact) mass is 328 g/mol. The summed E-state index contributed by atoms with van der Waals surface area (Å²) in [5.41, 5.74) is 1.78. The van der Waals surface area contributed by atoms with E-state index in [1.54, 1.807) is 0 Å². The van der Waals surface area contributed by atoms with Crippen LogP contribution in [0, 0.1) is 5.92 Å². The van der Waals surface area contributed by atoms with E-state index < -0.39 is 0 Å². The standard InChI is InChI=1S/C19H24N2O3/c1-12-13(2)24-17-15(12)4-3-5-16(17)19(23)21-10-8-20(9-11-21)18(22)14-6-7-14/h3-5,12-14H,6-11H2,1-2H3/t12-,13-/m1/s1. The van der Waals surface area contributed by atoms with Crippen molar-refractivity contribution in [3.63, 3.8) is 0 Å². The molecule has 0 N–H and O–H groups in total. The van der Waals surface area contributed by atoms with E-state index in [0.29, 0.717) is 37.7 Å². The molecule has 2 aliphatic heterocycles. The summed E-state index contributed by atoms with van der Waals surface area (Å²) in [6.07, 6.45) is 2.16. The molecule has 1 aromatic carbocycles. The van der Waals surface area contributed by atoms with Gasteiger partial charge in [-0.15, -0.1) is 0 Å². The van der Waals surface area contributed by atoms with Gasteiger partial charge in [0.2, 0.25) is 5.91 Å². The number of carbonyl (C=O) groups excluding carboxylic acids is 2. The number of para-hydroxylation sites is 1. The number of piperazine rings is 1. The van der Waals surface area contributed by atoms with Crippen LogP contribution in [0.5, 0.6) is 5.75 Å². The van der Waals surface area contributed by atoms with Crippen LogP contribution in [0.2, 0.25) is 0 Å². The Bertz CT molecular complexity index is 675. The highest BCUT2D eigenvalue weighted by molar-refractivity contribution is 5.98. The summed E-state index contributed by atoms with van der Waals surface area (Å²) in [4.78, 5) is 28.8. The third kappa shape index (κ3) is 2.56. The zero-order valence-corrected chi connectivity index (χ0v) is 14.3. The van der Waals surface area contributed by atoms with Gasteiger partial charge < -0.3 is 14.5 Å². The minimum atomic E-state index is 0.0201. The lowest BCUT2D eigenvalue weighted by Crippen LogP contribution is -2.51. The average Bonchev–Trinajstić information content (AvgIpc) is 3.41. The first-order valence-corrected chi connectivity index (χ1v) is 8.94. The van der Waals surface area contributed by atoms with Crippen molar-refractivity contribution in [2.75, 3.05) is 26.2 Å². The summed E-state index contributed by atoms with van der Waals surface area (Å²) >= 11 is 0. The Balaban J connectivity index is 1.47. The molecular formula is C19H24N2O3. The summed E-state index contributed by atoms with van der Waals surface area (Å²) in [6, 6.07) is 5.84. The molecule has 1 saturated heterocycles. The lowest BCUT2D eigenvalue weighted by atomic mass is 9.96. The molecule has 5 nitrogen and oxygen atoms in total. The Morgan fingerprint density at radius 3 is 2.38 bits per heavy atom. The highest BCUT2D eigenvalue weighted by Crippen LogP contribution is 2.40. The molecule has 5 heteroatoms. The Morgan fingerprint density at radius 2 is 1.71 bits per heavy atom. The van der Waals surface area contributed by atoms with E-state index >= 15 is 0 Å². The maximum absolute atomic E-state index is 12.9. The van der Waals surface area contributed by atoms with Crippen LogP contribution in [0.3, 0.4) is 0 Å². The first-order valence-electron chi connectivity index (χ1n) is 8.94. The van der Waals surface area contributed by atoms with Crippen LogP contribution in [-0.4, -0.2) is 53.9 Å². The van der Waals surface area contributed by atoms with Gasteiger partial charge in [0.1, 0.15) is 11.9 Å². The molecule has 2 heterocycles. The van der Waals surface area contributed by atoms with Crippen LogP contribution >= 0.6 is 0 Å². The zero-order chi connectivity index (χ0) is 16.8. The number of hydrogen-bond acceptors (Lipinski definition) is 3. The summed E-state index contributed by atoms with van der Waals surface area (Å²) in [5.74, 6) is 1.60. The van der Waals surface area contributed by atoms with Crippen molar-refractivity contribution >= 4 is 11.8 Å². The number of rotatable bonds is 2. The summed E-state index contributed by atoms with van der Waals surface area (Å²) in [7, 11) is 0. The molecule has 0 radical (unpaired) electrons. The third-order valence-corrected chi connectivity index (χ3v) is 5.58. The molecule has 0 unspecified atom stereocenters. The van der Waals surface area contributed by atoms with Crippen molar-refractivity contribution in [2.45, 2.75) is 38.7 Å². The molecule has 2 amide bonds. The normalized spacial score (nSPS) is 26.1. The number of carbonyl (C=O) groups is 2. The van der Waals surface area contributed by atoms with Gasteiger partial charge in [-0.2, -0.15) is 0 Å². The SMILES string of the molecule is C[C@H]1Oc2c(C(=O)N3CCN(C(=O)C4CC4)CC3)cccc2[C@@H]1C. The minimum absolute atomic E-state index is 0.0201. The maximum Gasteiger partial charge on any atom is 0.257 e. The number of amides is 2. The van der Waals surface area contributed by atoms with Crippen LogP contribution < -0.4 is 4.74 Å². The molecule has 1 saturated carbocycles. The van der Waals surface area contributed by atoms with Crippen molar-refractivity contribution in [2.24, 2.45) is 5.92 Å². The van der Waals surface area contributed by atoms with Crippen LogP contribution in [0.4, 0.5) is 0 Å². The Kier molecular flexibility index (Phi) is 3.74. The van der Waals surface area contributed by atoms with E-state index in [9.17, 15) is 9.59 Å². The fraction of sp³-hybridized carbons (Fsp3) is 0.579. The molecule has 0 spiro atoms. The van der Waals surface area contributed by atoms with Gasteiger partial charge in [0.15, 0.2) is 0 Å². The van der Waals surface area contributed by atoms with E-state index in [1.165, 1.54) is 0 Å². The second kappa shape index (κ2) is 5.80. The first kappa shape index (κ1) is 15.5. The lowest BCUT2D eigenvalue weighted by molar-refractivity contribution is -0.134. The van der Waals surface area contributed by atoms with Gasteiger partial charge >= 0.3 is 0 Å². The van der Waals surface area contributed by atoms with E-state index in [0.717, 1.165) is 24.2 Å². The number of ether oxygens (including phenoxy) is 1. The van der Waals surface area contributed by atoms with E-state index in [-0.39, 0.29) is 23.8 Å². The van der Waals surface area contributed by atoms with Crippen molar-refractivity contribution in [3.05, 3.63) is 29.3 Å². The molecule has 1 aromatic rings. The van der Waals surface area contributed by atoms with E-state index in [1.807, 2.05) is 34.9 Å². The van der Waals surface area contributed by atoms with Crippen LogP contribution in [0.25, 0.3) is 0 Å². The lowest BCUT2D eigenvalue weighted by Gasteiger charge is -2.35. The number of nitrogens with zero attached hydrogens (tertiary/aromatic N) is 2. The molecule has 2 atom stereocenters. The molecule has 3 aliphatic rings. The largest absolute Gasteiger partial charge is 0.489 e. The molecule has 4 rings (SSSR count). The predicted molar refractivity (Wildman–Crippen MR) is 90.2 cm³/mol. The second-order valence-electron chi connectivity index (χ2n) is 7.23. The first-order chi connectivity index (χ1) is 11.6. The number of benzene rings is 1. The zero-order valence-electron chi connectivity index (χ0n) is 14.3. The Labute approximate surface area is 142 Å². The number of hydrogen-bond donors (Lipinski definition) is 0. The van der Waals surface area contributed by atoms with Crippen LogP contribution in [-0.2, 0) is 4.79 Å². The highest BCUT2D eigenvalue weighted by Gasteiger charge is 2.36. The topological polar surface area (TPSA) is 49.9 Å². The smallest absolute Gasteiger partial charge is 0.257 e. The molecule has 0 aromatic heterocycles. The van der Waals surface area contributed by atoms with Gasteiger partial charge in [-0.3, -0.25) is 9.59 Å². The van der Waals surface area contributed by atoms with Gasteiger partial charge in [-0.25, -0.2) is 0 Å². The number of fused-ring (bicyclic) bond motifs is 1. The fourth-order valence-electron chi connectivity index (χ4n) is 3.64. The molecular weight excluding hydrogens is 304 g/mol.